The van der Waals surface area contributed by atoms with E-state index in [2.05, 4.69) is 41.7 Å². The Morgan fingerprint density at radius 3 is 1.27 bits per heavy atom. The van der Waals surface area contributed by atoms with Crippen LogP contribution in [0.1, 0.15) is 45.7 Å². The Hall–Kier alpha value is -5.74. The molecule has 4 N–H and O–H groups in total. The number of amides is 4. The second-order valence-corrected chi connectivity index (χ2v) is 16.2. The number of nitrogens with one attached hydrogen (secondary N) is 4. The molecule has 0 saturated heterocycles. The Morgan fingerprint density at radius 2 is 0.906 bits per heavy atom. The van der Waals surface area contributed by atoms with Crippen molar-refractivity contribution in [2.75, 3.05) is 33.0 Å². The minimum Gasteiger partial charge on any atom is -0.322 e. The number of hydrogen-bond donors (Lipinski definition) is 4. The first-order valence-corrected chi connectivity index (χ1v) is 21.6. The summed E-state index contributed by atoms with van der Waals surface area (Å²) in [6.07, 6.45) is 1.23. The summed E-state index contributed by atoms with van der Waals surface area (Å²) in [7, 11) is 0. The Labute approximate surface area is 397 Å². The Balaban J connectivity index is 1.25. The topological polar surface area (TPSA) is 200 Å². The molecule has 0 radical (unpaired) electrons. The van der Waals surface area contributed by atoms with Gasteiger partial charge in [0.25, 0.3) is 23.6 Å². The van der Waals surface area contributed by atoms with Crippen LogP contribution in [0.5, 0.6) is 0 Å². The van der Waals surface area contributed by atoms with Crippen LogP contribution in [0.3, 0.4) is 0 Å². The molecule has 5 rings (SSSR count). The molecule has 0 heterocycles. The van der Waals surface area contributed by atoms with E-state index in [0.29, 0.717) is 36.0 Å². The summed E-state index contributed by atoms with van der Waals surface area (Å²) in [6.45, 7) is 2.25. The highest BCUT2D eigenvalue weighted by Gasteiger charge is 2.27. The second-order valence-electron chi connectivity index (χ2n) is 13.8. The van der Waals surface area contributed by atoms with Crippen LogP contribution in [0.15, 0.2) is 118 Å². The van der Waals surface area contributed by atoms with Gasteiger partial charge < -0.3 is 21.3 Å². The molecule has 5 aromatic rings. The lowest BCUT2D eigenvalue weighted by atomic mass is 10.1. The van der Waals surface area contributed by atoms with Crippen molar-refractivity contribution in [3.05, 3.63) is 139 Å². The van der Waals surface area contributed by atoms with Crippen LogP contribution in [0.2, 0.25) is 20.1 Å². The van der Waals surface area contributed by atoms with Gasteiger partial charge in [0.1, 0.15) is 0 Å². The van der Waals surface area contributed by atoms with E-state index in [9.17, 15) is 28.8 Å². The van der Waals surface area contributed by atoms with E-state index in [1.54, 1.807) is 36.4 Å². The molecule has 0 spiro atoms. The van der Waals surface area contributed by atoms with E-state index < -0.39 is 47.3 Å². The standard InChI is InChI=1S/C44H36Cl6N8O6/c1-23(59)39(57-55-33-19-27(17-29(47)21-33)41(61)51-31-7-3-5-25(15-31)11-13-45)43(63)53-35-9-10-36(38(50)37(35)49)54-44(64)40(24(2)60)58-56-34-20-28(18-30(48)22-34)42(62)52-32-8-4-6-26(16-32)12-14-46/h3-10,15-22,39-40H,11-14H2,1-2H3,(H,51,61)(H,52,62)(H,53,63)(H,54,64). The monoisotopic (exact) mass is 982 g/mol. The fourth-order valence-corrected chi connectivity index (χ4v) is 7.11. The summed E-state index contributed by atoms with van der Waals surface area (Å²) in [5.74, 6) is -3.39. The Kier molecular flexibility index (Phi) is 17.9. The lowest BCUT2D eigenvalue weighted by Gasteiger charge is -2.15. The van der Waals surface area contributed by atoms with Gasteiger partial charge in [0.05, 0.1) is 32.8 Å². The predicted octanol–water partition coefficient (Wildman–Crippen LogP) is 11.7. The van der Waals surface area contributed by atoms with Crippen molar-refractivity contribution in [3.63, 3.8) is 0 Å². The number of halogens is 6. The summed E-state index contributed by atoms with van der Waals surface area (Å²) < 4.78 is 0. The van der Waals surface area contributed by atoms with Crippen LogP contribution < -0.4 is 21.3 Å². The molecule has 0 aromatic heterocycles. The first kappa shape index (κ1) is 49.3. The van der Waals surface area contributed by atoms with Gasteiger partial charge in [0.15, 0.2) is 11.6 Å². The van der Waals surface area contributed by atoms with Gasteiger partial charge in [-0.15, -0.1) is 23.2 Å². The number of benzene rings is 5. The number of carbonyl (C=O) groups is 6. The molecular weight excluding hydrogens is 949 g/mol. The summed E-state index contributed by atoms with van der Waals surface area (Å²) in [6, 6.07) is 22.0. The van der Waals surface area contributed by atoms with Crippen LogP contribution in [0.4, 0.5) is 34.1 Å². The molecule has 0 saturated carbocycles. The van der Waals surface area contributed by atoms with Crippen LogP contribution in [0.25, 0.3) is 0 Å². The summed E-state index contributed by atoms with van der Waals surface area (Å²) in [4.78, 5) is 77.9. The molecule has 64 heavy (non-hydrogen) atoms. The number of rotatable bonds is 18. The van der Waals surface area contributed by atoms with Crippen molar-refractivity contribution in [2.24, 2.45) is 20.5 Å². The summed E-state index contributed by atoms with van der Waals surface area (Å²) >= 11 is 37.2. The highest BCUT2D eigenvalue weighted by Crippen LogP contribution is 2.37. The molecule has 0 aliphatic heterocycles. The van der Waals surface area contributed by atoms with Gasteiger partial charge in [-0.25, -0.2) is 0 Å². The smallest absolute Gasteiger partial charge is 0.258 e. The first-order chi connectivity index (χ1) is 30.5. The Bertz CT molecular complexity index is 2500. The van der Waals surface area contributed by atoms with Gasteiger partial charge in [-0.3, -0.25) is 28.8 Å². The number of hydrogen-bond acceptors (Lipinski definition) is 10. The largest absolute Gasteiger partial charge is 0.322 e. The minimum absolute atomic E-state index is 0.0560. The van der Waals surface area contributed by atoms with Crippen molar-refractivity contribution in [1.29, 1.82) is 0 Å². The van der Waals surface area contributed by atoms with E-state index in [-0.39, 0.29) is 54.0 Å². The van der Waals surface area contributed by atoms with Crippen molar-refractivity contribution in [1.82, 2.24) is 0 Å². The van der Waals surface area contributed by atoms with Crippen LogP contribution in [0, 0.1) is 0 Å². The van der Waals surface area contributed by atoms with Gasteiger partial charge >= 0.3 is 0 Å². The average molecular weight is 986 g/mol. The molecular formula is C44H36Cl6N8O6. The molecule has 5 aromatic carbocycles. The zero-order chi connectivity index (χ0) is 46.5. The van der Waals surface area contributed by atoms with Gasteiger partial charge in [0.2, 0.25) is 12.1 Å². The predicted molar refractivity (Wildman–Crippen MR) is 252 cm³/mol. The zero-order valence-corrected chi connectivity index (χ0v) is 38.3. The number of azo groups is 2. The maximum atomic E-state index is 13.3. The molecule has 14 nitrogen and oxygen atoms in total. The van der Waals surface area contributed by atoms with Gasteiger partial charge in [-0.1, -0.05) is 70.7 Å². The molecule has 2 atom stereocenters. The molecule has 2 unspecified atom stereocenters. The van der Waals surface area contributed by atoms with Crippen molar-refractivity contribution >= 4 is 139 Å². The van der Waals surface area contributed by atoms with Gasteiger partial charge in [-0.05, 0) is 111 Å². The van der Waals surface area contributed by atoms with Crippen LogP contribution >= 0.6 is 69.6 Å². The third-order valence-corrected chi connectivity index (χ3v) is 10.6. The molecule has 0 aliphatic rings. The molecule has 20 heteroatoms. The molecule has 0 bridgehead atoms. The molecule has 0 fully saturated rings. The highest BCUT2D eigenvalue weighted by molar-refractivity contribution is 6.46. The number of alkyl halides is 2. The van der Waals surface area contributed by atoms with E-state index in [4.69, 9.17) is 69.6 Å². The Morgan fingerprint density at radius 1 is 0.516 bits per heavy atom. The lowest BCUT2D eigenvalue weighted by molar-refractivity contribution is -0.127. The molecule has 0 aliphatic carbocycles. The van der Waals surface area contributed by atoms with E-state index in [1.165, 1.54) is 48.5 Å². The van der Waals surface area contributed by atoms with Gasteiger partial charge in [-0.2, -0.15) is 20.5 Å². The van der Waals surface area contributed by atoms with E-state index in [0.717, 1.165) is 25.0 Å². The third-order valence-electron chi connectivity index (χ3n) is 8.87. The SMILES string of the molecule is CC(=O)C(N=Nc1cc(Cl)cc(C(=O)Nc2cccc(CCCl)c2)c1)C(=O)Nc1ccc(NC(=O)C(N=Nc2cc(Cl)cc(C(=O)Nc3cccc(CCCl)c3)c2)C(C)=O)c(Cl)c1Cl. The zero-order valence-electron chi connectivity index (χ0n) is 33.7. The normalized spacial score (nSPS) is 12.1. The first-order valence-electron chi connectivity index (χ1n) is 19.0. The van der Waals surface area contributed by atoms with E-state index in [1.807, 2.05) is 12.1 Å². The highest BCUT2D eigenvalue weighted by atomic mass is 35.5. The fourth-order valence-electron chi connectivity index (χ4n) is 5.79. The van der Waals surface area contributed by atoms with E-state index >= 15 is 0 Å². The lowest BCUT2D eigenvalue weighted by Crippen LogP contribution is -2.32. The van der Waals surface area contributed by atoms with Crippen LogP contribution in [-0.2, 0) is 32.0 Å². The fraction of sp³-hybridized carbons (Fsp3) is 0.182. The maximum absolute atomic E-state index is 13.3. The number of carbonyl (C=O) groups excluding carboxylic acids is 6. The number of Topliss-reactive ketones (excluding diaryl/α,β-unsaturated/α-hetero) is 2. The van der Waals surface area contributed by atoms with Crippen molar-refractivity contribution < 1.29 is 28.8 Å². The van der Waals surface area contributed by atoms with Crippen molar-refractivity contribution in [3.8, 4) is 0 Å². The average Bonchev–Trinajstić information content (AvgIpc) is 3.23. The third kappa shape index (κ3) is 13.9. The number of ketones is 2. The summed E-state index contributed by atoms with van der Waals surface area (Å²) in [5.41, 5.74) is 3.27. The molecule has 330 valence electrons. The second kappa shape index (κ2) is 23.3. The van der Waals surface area contributed by atoms with Gasteiger partial charge in [0, 0.05) is 44.3 Å². The number of nitrogens with zero attached hydrogens (tertiary/aromatic N) is 4. The van der Waals surface area contributed by atoms with Crippen LogP contribution in [-0.4, -0.2) is 59.0 Å². The maximum Gasteiger partial charge on any atom is 0.258 e. The number of anilines is 4. The molecule has 4 amide bonds. The summed E-state index contributed by atoms with van der Waals surface area (Å²) in [5, 5.41) is 26.2. The number of aryl methyl sites for hydroxylation is 2. The minimum atomic E-state index is -1.67. The quantitative estimate of drug-likeness (QED) is 0.0382. The van der Waals surface area contributed by atoms with Crippen molar-refractivity contribution in [2.45, 2.75) is 38.8 Å².